The van der Waals surface area contributed by atoms with Crippen LogP contribution >= 0.6 is 0 Å². The molecule has 0 unspecified atom stereocenters. The third kappa shape index (κ3) is 3.63. The minimum absolute atomic E-state index is 0.179. The summed E-state index contributed by atoms with van der Waals surface area (Å²) in [6.45, 7) is 1.36. The van der Waals surface area contributed by atoms with Crippen molar-refractivity contribution < 1.29 is 31.9 Å². The van der Waals surface area contributed by atoms with E-state index in [0.717, 1.165) is 12.1 Å². The van der Waals surface area contributed by atoms with Gasteiger partial charge in [-0.2, -0.15) is 4.31 Å². The SMILES string of the molecule is C[C@H]1CC[C@H](c2ccccc2)S(=O)(=O)N1Cc1cc(F)c(C2(C(=O)O)CC(=O)C2)cc1F. The summed E-state index contributed by atoms with van der Waals surface area (Å²) in [6.07, 6.45) is 0.197. The molecule has 1 heterocycles. The first-order valence-corrected chi connectivity index (χ1v) is 11.9. The van der Waals surface area contributed by atoms with Crippen molar-refractivity contribution in [3.63, 3.8) is 0 Å². The van der Waals surface area contributed by atoms with Crippen LogP contribution in [-0.4, -0.2) is 35.6 Å². The van der Waals surface area contributed by atoms with E-state index in [9.17, 15) is 31.9 Å². The molecule has 1 saturated heterocycles. The number of benzene rings is 2. The minimum atomic E-state index is -3.84. The highest BCUT2D eigenvalue weighted by atomic mass is 32.2. The van der Waals surface area contributed by atoms with E-state index < -0.39 is 57.2 Å². The Kier molecular flexibility index (Phi) is 5.67. The Balaban J connectivity index is 1.67. The highest BCUT2D eigenvalue weighted by Crippen LogP contribution is 2.44. The molecule has 9 heteroatoms. The third-order valence-electron chi connectivity index (χ3n) is 6.58. The Hall–Kier alpha value is -2.65. The second-order valence-corrected chi connectivity index (χ2v) is 10.7. The zero-order valence-electron chi connectivity index (χ0n) is 17.4. The van der Waals surface area contributed by atoms with Crippen molar-refractivity contribution in [1.29, 1.82) is 0 Å². The van der Waals surface area contributed by atoms with E-state index in [-0.39, 0.29) is 23.5 Å². The Morgan fingerprint density at radius 3 is 2.38 bits per heavy atom. The topological polar surface area (TPSA) is 91.8 Å². The van der Waals surface area contributed by atoms with E-state index in [1.165, 1.54) is 4.31 Å². The lowest BCUT2D eigenvalue weighted by atomic mass is 9.63. The maximum atomic E-state index is 15.0. The Morgan fingerprint density at radius 1 is 1.12 bits per heavy atom. The number of sulfonamides is 1. The van der Waals surface area contributed by atoms with Crippen LogP contribution in [0.5, 0.6) is 0 Å². The molecule has 0 amide bonds. The molecule has 1 saturated carbocycles. The van der Waals surface area contributed by atoms with Crippen molar-refractivity contribution in [3.05, 3.63) is 70.8 Å². The zero-order valence-corrected chi connectivity index (χ0v) is 18.2. The summed E-state index contributed by atoms with van der Waals surface area (Å²) in [7, 11) is -3.84. The van der Waals surface area contributed by atoms with Crippen LogP contribution < -0.4 is 0 Å². The van der Waals surface area contributed by atoms with E-state index in [4.69, 9.17) is 0 Å². The Morgan fingerprint density at radius 2 is 1.78 bits per heavy atom. The van der Waals surface area contributed by atoms with Crippen LogP contribution in [0.1, 0.15) is 54.5 Å². The molecule has 0 bridgehead atoms. The fraction of sp³-hybridized carbons (Fsp3) is 0.391. The van der Waals surface area contributed by atoms with Crippen molar-refractivity contribution in [2.24, 2.45) is 0 Å². The lowest BCUT2D eigenvalue weighted by molar-refractivity contribution is -0.153. The Bertz CT molecular complexity index is 1170. The van der Waals surface area contributed by atoms with Gasteiger partial charge in [0.2, 0.25) is 10.0 Å². The Labute approximate surface area is 184 Å². The van der Waals surface area contributed by atoms with Gasteiger partial charge < -0.3 is 5.11 Å². The number of halogens is 2. The number of carboxylic acids is 1. The normalized spacial score (nSPS) is 24.7. The van der Waals surface area contributed by atoms with Gasteiger partial charge in [-0.15, -0.1) is 0 Å². The first-order valence-electron chi connectivity index (χ1n) is 10.4. The molecule has 170 valence electrons. The summed E-state index contributed by atoms with van der Waals surface area (Å²) >= 11 is 0. The molecule has 0 radical (unpaired) electrons. The second-order valence-electron chi connectivity index (χ2n) is 8.62. The fourth-order valence-corrected chi connectivity index (χ4v) is 6.86. The van der Waals surface area contributed by atoms with Crippen molar-refractivity contribution >= 4 is 21.8 Å². The van der Waals surface area contributed by atoms with Crippen LogP contribution in [0.4, 0.5) is 8.78 Å². The standard InChI is InChI=1S/C23H23F2NO5S/c1-14-7-8-21(15-5-3-2-4-6-15)32(30,31)26(14)13-16-9-20(25)18(10-19(16)24)23(22(28)29)11-17(27)12-23/h2-6,9-10,14,21H,7-8,11-13H2,1H3,(H,28,29)/t14-,21+/m0/s1. The summed E-state index contributed by atoms with van der Waals surface area (Å²) in [4.78, 5) is 23.1. The van der Waals surface area contributed by atoms with Crippen LogP contribution in [0.2, 0.25) is 0 Å². The summed E-state index contributed by atoms with van der Waals surface area (Å²) < 4.78 is 57.7. The summed E-state index contributed by atoms with van der Waals surface area (Å²) in [5.74, 6) is -3.58. The van der Waals surface area contributed by atoms with Gasteiger partial charge in [-0.3, -0.25) is 9.59 Å². The van der Waals surface area contributed by atoms with Crippen LogP contribution in [0, 0.1) is 11.6 Å². The van der Waals surface area contributed by atoms with E-state index in [2.05, 4.69) is 0 Å². The monoisotopic (exact) mass is 463 g/mol. The molecule has 0 spiro atoms. The molecule has 1 N–H and O–H groups in total. The number of carbonyl (C=O) groups is 2. The van der Waals surface area contributed by atoms with Gasteiger partial charge in [-0.05, 0) is 37.5 Å². The average Bonchev–Trinajstić information content (AvgIpc) is 2.71. The van der Waals surface area contributed by atoms with Crippen LogP contribution in [0.25, 0.3) is 0 Å². The molecule has 2 fully saturated rings. The molecule has 2 aromatic rings. The van der Waals surface area contributed by atoms with E-state index in [1.54, 1.807) is 37.3 Å². The molecular formula is C23H23F2NO5S. The zero-order chi connectivity index (χ0) is 23.3. The number of aliphatic carboxylic acids is 1. The van der Waals surface area contributed by atoms with Gasteiger partial charge in [0.1, 0.15) is 28.1 Å². The van der Waals surface area contributed by atoms with Gasteiger partial charge in [-0.25, -0.2) is 17.2 Å². The summed E-state index contributed by atoms with van der Waals surface area (Å²) in [6, 6.07) is 10.0. The molecule has 4 rings (SSSR count). The van der Waals surface area contributed by atoms with Crippen LogP contribution in [0.15, 0.2) is 42.5 Å². The first-order chi connectivity index (χ1) is 15.1. The molecule has 6 nitrogen and oxygen atoms in total. The van der Waals surface area contributed by atoms with Crippen molar-refractivity contribution in [1.82, 2.24) is 4.31 Å². The molecular weight excluding hydrogens is 440 g/mol. The number of rotatable bonds is 5. The van der Waals surface area contributed by atoms with Gasteiger partial charge in [-0.1, -0.05) is 30.3 Å². The van der Waals surface area contributed by atoms with Crippen molar-refractivity contribution in [2.75, 3.05) is 0 Å². The number of ketones is 1. The third-order valence-corrected chi connectivity index (χ3v) is 8.95. The van der Waals surface area contributed by atoms with Gasteiger partial charge in [0.15, 0.2) is 0 Å². The average molecular weight is 464 g/mol. The van der Waals surface area contributed by atoms with Gasteiger partial charge >= 0.3 is 5.97 Å². The van der Waals surface area contributed by atoms with Gasteiger partial charge in [0, 0.05) is 36.6 Å². The molecule has 2 aliphatic rings. The smallest absolute Gasteiger partial charge is 0.315 e. The maximum Gasteiger partial charge on any atom is 0.315 e. The van der Waals surface area contributed by atoms with Crippen LogP contribution in [-0.2, 0) is 31.6 Å². The molecule has 1 aliphatic carbocycles. The predicted molar refractivity (Wildman–Crippen MR) is 112 cm³/mol. The van der Waals surface area contributed by atoms with E-state index in [0.29, 0.717) is 18.4 Å². The number of hydrogen-bond donors (Lipinski definition) is 1. The van der Waals surface area contributed by atoms with Gasteiger partial charge in [0.25, 0.3) is 0 Å². The van der Waals surface area contributed by atoms with E-state index in [1.807, 2.05) is 0 Å². The number of carboxylic acid groups (broad SMARTS) is 1. The molecule has 32 heavy (non-hydrogen) atoms. The quantitative estimate of drug-likeness (QED) is 0.730. The highest BCUT2D eigenvalue weighted by Gasteiger charge is 2.53. The predicted octanol–water partition coefficient (Wildman–Crippen LogP) is 3.71. The molecule has 2 aromatic carbocycles. The summed E-state index contributed by atoms with van der Waals surface area (Å²) in [5, 5.41) is 8.74. The van der Waals surface area contributed by atoms with Gasteiger partial charge in [0.05, 0.1) is 0 Å². The fourth-order valence-electron chi connectivity index (χ4n) is 4.67. The van der Waals surface area contributed by atoms with Crippen molar-refractivity contribution in [3.8, 4) is 0 Å². The maximum absolute atomic E-state index is 15.0. The van der Waals surface area contributed by atoms with Crippen LogP contribution in [0.3, 0.4) is 0 Å². The largest absolute Gasteiger partial charge is 0.481 e. The number of nitrogens with zero attached hydrogens (tertiary/aromatic N) is 1. The lowest BCUT2D eigenvalue weighted by Gasteiger charge is -2.38. The second kappa shape index (κ2) is 8.04. The van der Waals surface area contributed by atoms with E-state index >= 15 is 0 Å². The number of carbonyl (C=O) groups excluding carboxylic acids is 1. The first kappa shape index (κ1) is 22.5. The highest BCUT2D eigenvalue weighted by molar-refractivity contribution is 7.89. The molecule has 2 atom stereocenters. The summed E-state index contributed by atoms with van der Waals surface area (Å²) in [5.41, 5.74) is -1.70. The molecule has 0 aromatic heterocycles. The molecule has 1 aliphatic heterocycles. The lowest BCUT2D eigenvalue weighted by Crippen LogP contribution is -2.49. The van der Waals surface area contributed by atoms with Crippen molar-refractivity contribution in [2.45, 2.75) is 55.9 Å². The number of Topliss-reactive ketones (excluding diaryl/α,β-unsaturated/α-hetero) is 1. The minimum Gasteiger partial charge on any atom is -0.481 e. The number of hydrogen-bond acceptors (Lipinski definition) is 4.